The molecular weight excluding hydrogens is 232 g/mol. The lowest BCUT2D eigenvalue weighted by Gasteiger charge is -2.29. The van der Waals surface area contributed by atoms with Gasteiger partial charge in [0, 0.05) is 12.1 Å². The van der Waals surface area contributed by atoms with E-state index in [2.05, 4.69) is 5.32 Å². The Balaban J connectivity index is 1.92. The van der Waals surface area contributed by atoms with Crippen molar-refractivity contribution < 1.29 is 14.7 Å². The monoisotopic (exact) mass is 254 g/mol. The number of rotatable bonds is 5. The first-order valence-electron chi connectivity index (χ1n) is 6.87. The van der Waals surface area contributed by atoms with Crippen LogP contribution in [0.2, 0.25) is 0 Å². The Bertz CT molecular complexity index is 322. The lowest BCUT2D eigenvalue weighted by atomic mass is 10.2. The molecule has 0 bridgehead atoms. The Hall–Kier alpha value is -1.26. The van der Waals surface area contributed by atoms with Crippen LogP contribution >= 0.6 is 0 Å². The molecule has 0 aromatic heterocycles. The van der Waals surface area contributed by atoms with Crippen LogP contribution < -0.4 is 5.32 Å². The van der Waals surface area contributed by atoms with Crippen LogP contribution in [0.5, 0.6) is 0 Å². The fraction of sp³-hybridized carbons (Fsp3) is 0.846. The van der Waals surface area contributed by atoms with Crippen LogP contribution in [0.4, 0.5) is 4.79 Å². The largest absolute Gasteiger partial charge is 0.480 e. The van der Waals surface area contributed by atoms with E-state index in [0.717, 1.165) is 25.7 Å². The highest BCUT2D eigenvalue weighted by Gasteiger charge is 2.33. The summed E-state index contributed by atoms with van der Waals surface area (Å²) in [5, 5.41) is 11.9. The molecule has 2 rings (SSSR count). The Morgan fingerprint density at radius 2 is 1.89 bits per heavy atom. The summed E-state index contributed by atoms with van der Waals surface area (Å²) in [6.07, 6.45) is 6.38. The Morgan fingerprint density at radius 3 is 2.39 bits per heavy atom. The van der Waals surface area contributed by atoms with Crippen LogP contribution in [0.15, 0.2) is 0 Å². The molecular formula is C13H22N2O3. The highest BCUT2D eigenvalue weighted by Crippen LogP contribution is 2.32. The van der Waals surface area contributed by atoms with Crippen molar-refractivity contribution in [1.82, 2.24) is 10.2 Å². The number of carboxylic acid groups (broad SMARTS) is 1. The summed E-state index contributed by atoms with van der Waals surface area (Å²) in [4.78, 5) is 24.5. The molecule has 102 valence electrons. The molecule has 2 aliphatic rings. The van der Waals surface area contributed by atoms with Gasteiger partial charge in [0.05, 0.1) is 0 Å². The molecule has 2 N–H and O–H groups in total. The maximum absolute atomic E-state index is 12.2. The molecule has 2 saturated carbocycles. The zero-order valence-corrected chi connectivity index (χ0v) is 10.9. The van der Waals surface area contributed by atoms with Crippen molar-refractivity contribution in [3.63, 3.8) is 0 Å². The van der Waals surface area contributed by atoms with Gasteiger partial charge in [0.15, 0.2) is 0 Å². The maximum atomic E-state index is 12.2. The molecule has 1 unspecified atom stereocenters. The molecule has 0 spiro atoms. The van der Waals surface area contributed by atoms with Gasteiger partial charge in [-0.3, -0.25) is 4.79 Å². The topological polar surface area (TPSA) is 69.6 Å². The van der Waals surface area contributed by atoms with E-state index in [9.17, 15) is 9.59 Å². The summed E-state index contributed by atoms with van der Waals surface area (Å²) in [6.45, 7) is 1.82. The number of carboxylic acids is 1. The first-order chi connectivity index (χ1) is 8.58. The van der Waals surface area contributed by atoms with E-state index in [-0.39, 0.29) is 24.7 Å². The van der Waals surface area contributed by atoms with Gasteiger partial charge in [0.25, 0.3) is 0 Å². The second kappa shape index (κ2) is 5.59. The molecule has 5 heteroatoms. The molecule has 2 amide bonds. The van der Waals surface area contributed by atoms with Gasteiger partial charge in [-0.05, 0) is 38.5 Å². The van der Waals surface area contributed by atoms with Crippen LogP contribution in [0, 0.1) is 5.92 Å². The third kappa shape index (κ3) is 3.37. The lowest BCUT2D eigenvalue weighted by molar-refractivity contribution is -0.138. The van der Waals surface area contributed by atoms with E-state index in [1.54, 1.807) is 0 Å². The number of amides is 2. The number of urea groups is 1. The number of nitrogens with one attached hydrogen (secondary N) is 1. The Labute approximate surface area is 108 Å². The van der Waals surface area contributed by atoms with Crippen molar-refractivity contribution in [3.05, 3.63) is 0 Å². The first kappa shape index (κ1) is 13.2. The van der Waals surface area contributed by atoms with Crippen LogP contribution in [-0.2, 0) is 4.79 Å². The molecule has 2 fully saturated rings. The average molecular weight is 254 g/mol. The van der Waals surface area contributed by atoms with Crippen molar-refractivity contribution in [3.8, 4) is 0 Å². The molecule has 2 aliphatic carbocycles. The third-order valence-corrected chi connectivity index (χ3v) is 4.01. The smallest absolute Gasteiger partial charge is 0.323 e. The molecule has 0 aromatic carbocycles. The minimum Gasteiger partial charge on any atom is -0.480 e. The fourth-order valence-corrected chi connectivity index (χ4v) is 2.72. The predicted octanol–water partition coefficient (Wildman–Crippen LogP) is 1.82. The van der Waals surface area contributed by atoms with E-state index in [1.807, 2.05) is 6.92 Å². The van der Waals surface area contributed by atoms with E-state index in [1.165, 1.54) is 17.7 Å². The summed E-state index contributed by atoms with van der Waals surface area (Å²) in [5.74, 6) is -0.347. The number of hydrogen-bond donors (Lipinski definition) is 2. The van der Waals surface area contributed by atoms with Gasteiger partial charge in [-0.15, -0.1) is 0 Å². The van der Waals surface area contributed by atoms with Gasteiger partial charge in [-0.25, -0.2) is 4.79 Å². The maximum Gasteiger partial charge on any atom is 0.323 e. The van der Waals surface area contributed by atoms with Gasteiger partial charge in [0.1, 0.15) is 6.54 Å². The second-order valence-electron chi connectivity index (χ2n) is 5.54. The highest BCUT2D eigenvalue weighted by atomic mass is 16.4. The van der Waals surface area contributed by atoms with Gasteiger partial charge in [-0.1, -0.05) is 12.8 Å². The van der Waals surface area contributed by atoms with E-state index in [0.29, 0.717) is 5.92 Å². The minimum absolute atomic E-state index is 0.104. The molecule has 18 heavy (non-hydrogen) atoms. The average Bonchev–Trinajstić information content (AvgIpc) is 3.02. The molecule has 1 atom stereocenters. The van der Waals surface area contributed by atoms with Gasteiger partial charge >= 0.3 is 12.0 Å². The highest BCUT2D eigenvalue weighted by molar-refractivity contribution is 5.80. The van der Waals surface area contributed by atoms with Crippen LogP contribution in [-0.4, -0.2) is 40.6 Å². The number of carbonyl (C=O) groups excluding carboxylic acids is 1. The zero-order chi connectivity index (χ0) is 13.1. The van der Waals surface area contributed by atoms with Crippen LogP contribution in [0.3, 0.4) is 0 Å². The number of nitrogens with zero attached hydrogens (tertiary/aromatic N) is 1. The van der Waals surface area contributed by atoms with E-state index < -0.39 is 5.97 Å². The molecule has 5 nitrogen and oxygen atoms in total. The van der Waals surface area contributed by atoms with Gasteiger partial charge < -0.3 is 15.3 Å². The van der Waals surface area contributed by atoms with Crippen molar-refractivity contribution in [2.24, 2.45) is 5.92 Å². The third-order valence-electron chi connectivity index (χ3n) is 4.01. The van der Waals surface area contributed by atoms with E-state index in [4.69, 9.17) is 5.11 Å². The van der Waals surface area contributed by atoms with Crippen molar-refractivity contribution >= 4 is 12.0 Å². The first-order valence-corrected chi connectivity index (χ1v) is 6.87. The SMILES string of the molecule is CC(NC(=O)N(CC(=O)O)C1CCCC1)C1CC1. The summed E-state index contributed by atoms with van der Waals surface area (Å²) in [6, 6.07) is 0.0615. The standard InChI is InChI=1S/C13H22N2O3/c1-9(10-6-7-10)14-13(18)15(8-12(16)17)11-4-2-3-5-11/h9-11H,2-8H2,1H3,(H,14,18)(H,16,17). The predicted molar refractivity (Wildman–Crippen MR) is 67.3 cm³/mol. The van der Waals surface area contributed by atoms with Crippen molar-refractivity contribution in [2.75, 3.05) is 6.54 Å². The van der Waals surface area contributed by atoms with Crippen LogP contribution in [0.25, 0.3) is 0 Å². The quantitative estimate of drug-likeness (QED) is 0.786. The Morgan fingerprint density at radius 1 is 1.28 bits per heavy atom. The summed E-state index contributed by atoms with van der Waals surface area (Å²) >= 11 is 0. The summed E-state index contributed by atoms with van der Waals surface area (Å²) in [5.41, 5.74) is 0. The minimum atomic E-state index is -0.934. The van der Waals surface area contributed by atoms with Gasteiger partial charge in [-0.2, -0.15) is 0 Å². The number of aliphatic carboxylic acids is 1. The zero-order valence-electron chi connectivity index (χ0n) is 10.9. The molecule has 0 radical (unpaired) electrons. The number of carbonyl (C=O) groups is 2. The summed E-state index contributed by atoms with van der Waals surface area (Å²) in [7, 11) is 0. The molecule has 0 heterocycles. The fourth-order valence-electron chi connectivity index (χ4n) is 2.72. The van der Waals surface area contributed by atoms with Gasteiger partial charge in [0.2, 0.25) is 0 Å². The second-order valence-corrected chi connectivity index (χ2v) is 5.54. The molecule has 0 saturated heterocycles. The number of hydrogen-bond acceptors (Lipinski definition) is 2. The Kier molecular flexibility index (Phi) is 4.09. The summed E-state index contributed by atoms with van der Waals surface area (Å²) < 4.78 is 0. The normalized spacial score (nSPS) is 21.6. The lowest BCUT2D eigenvalue weighted by Crippen LogP contribution is -2.50. The molecule has 0 aliphatic heterocycles. The van der Waals surface area contributed by atoms with Crippen molar-refractivity contribution in [1.29, 1.82) is 0 Å². The molecule has 0 aromatic rings. The van der Waals surface area contributed by atoms with Crippen LogP contribution in [0.1, 0.15) is 45.4 Å². The van der Waals surface area contributed by atoms with Crippen molar-refractivity contribution in [2.45, 2.75) is 57.5 Å². The van der Waals surface area contributed by atoms with E-state index >= 15 is 0 Å².